The van der Waals surface area contributed by atoms with Gasteiger partial charge in [0.15, 0.2) is 0 Å². The van der Waals surface area contributed by atoms with Gasteiger partial charge in [-0.15, -0.1) is 0 Å². The number of nitrogens with two attached hydrogens (primary N) is 1. The third kappa shape index (κ3) is 0.869. The Morgan fingerprint density at radius 2 is 2.62 bits per heavy atom. The van der Waals surface area contributed by atoms with Crippen LogP contribution in [0.3, 0.4) is 0 Å². The summed E-state index contributed by atoms with van der Waals surface area (Å²) >= 11 is 0. The molecule has 0 saturated heterocycles. The van der Waals surface area contributed by atoms with Crippen LogP contribution in [0.1, 0.15) is 13.1 Å². The van der Waals surface area contributed by atoms with Crippen LogP contribution >= 0.6 is 0 Å². The number of hydrogen-bond donors (Lipinski definition) is 1. The third-order valence-corrected chi connectivity index (χ3v) is 0.892. The molecular formula is C5H8N3. The van der Waals surface area contributed by atoms with E-state index >= 15 is 0 Å². The predicted octanol–water partition coefficient (Wildman–Crippen LogP) is 0.160. The smallest absolute Gasteiger partial charge is 0.113 e. The number of aromatic nitrogens is 2. The van der Waals surface area contributed by atoms with Crippen LogP contribution in [0.15, 0.2) is 12.3 Å². The molecule has 0 aliphatic rings. The van der Waals surface area contributed by atoms with Crippen LogP contribution in [0.5, 0.6) is 0 Å². The molecule has 8 heavy (non-hydrogen) atoms. The molecule has 0 amide bonds. The molecule has 0 fully saturated rings. The van der Waals surface area contributed by atoms with Crippen molar-refractivity contribution in [2.24, 2.45) is 5.73 Å². The molecule has 0 aliphatic heterocycles. The Hall–Kier alpha value is -0.830. The summed E-state index contributed by atoms with van der Waals surface area (Å²) < 4.78 is 1.64. The summed E-state index contributed by atoms with van der Waals surface area (Å²) in [5.74, 6) is 0. The molecule has 0 aliphatic carbocycles. The zero-order valence-electron chi connectivity index (χ0n) is 4.70. The lowest BCUT2D eigenvalue weighted by Gasteiger charge is -2.01. The molecule has 3 nitrogen and oxygen atoms in total. The molecular weight excluding hydrogens is 102 g/mol. The Balaban J connectivity index is 2.77. The van der Waals surface area contributed by atoms with Crippen LogP contribution in [0, 0.1) is 6.20 Å². The number of hydrogen-bond acceptors (Lipinski definition) is 2. The van der Waals surface area contributed by atoms with E-state index in [0.29, 0.717) is 0 Å². The number of rotatable bonds is 1. The second-order valence-corrected chi connectivity index (χ2v) is 1.67. The van der Waals surface area contributed by atoms with E-state index in [0.717, 1.165) is 0 Å². The molecule has 1 heterocycles. The first-order chi connectivity index (χ1) is 3.80. The SMILES string of the molecule is CC(N)n1cc[c]n1. The van der Waals surface area contributed by atoms with Gasteiger partial charge in [0.05, 0.1) is 6.17 Å². The van der Waals surface area contributed by atoms with Gasteiger partial charge in [-0.1, -0.05) is 0 Å². The van der Waals surface area contributed by atoms with Crippen molar-refractivity contribution in [3.05, 3.63) is 18.5 Å². The van der Waals surface area contributed by atoms with E-state index in [9.17, 15) is 0 Å². The van der Waals surface area contributed by atoms with Gasteiger partial charge in [-0.05, 0) is 13.0 Å². The molecule has 1 rings (SSSR count). The minimum absolute atomic E-state index is 0.0405. The van der Waals surface area contributed by atoms with Gasteiger partial charge in [0.2, 0.25) is 0 Å². The van der Waals surface area contributed by atoms with Crippen molar-refractivity contribution in [3.8, 4) is 0 Å². The zero-order valence-corrected chi connectivity index (χ0v) is 4.70. The summed E-state index contributed by atoms with van der Waals surface area (Å²) in [6, 6.07) is 1.73. The van der Waals surface area contributed by atoms with Gasteiger partial charge < -0.3 is 5.73 Å². The fourth-order valence-electron chi connectivity index (χ4n) is 0.470. The van der Waals surface area contributed by atoms with Gasteiger partial charge in [0.25, 0.3) is 0 Å². The second-order valence-electron chi connectivity index (χ2n) is 1.67. The van der Waals surface area contributed by atoms with E-state index in [-0.39, 0.29) is 6.17 Å². The first-order valence-corrected chi connectivity index (χ1v) is 2.47. The Kier molecular flexibility index (Phi) is 1.30. The molecule has 0 spiro atoms. The first-order valence-electron chi connectivity index (χ1n) is 2.47. The lowest BCUT2D eigenvalue weighted by atomic mass is 10.6. The highest BCUT2D eigenvalue weighted by Crippen LogP contribution is 1.90. The van der Waals surface area contributed by atoms with Crippen molar-refractivity contribution in [2.75, 3.05) is 0 Å². The maximum Gasteiger partial charge on any atom is 0.113 e. The minimum atomic E-state index is -0.0405. The van der Waals surface area contributed by atoms with E-state index in [1.807, 2.05) is 6.92 Å². The summed E-state index contributed by atoms with van der Waals surface area (Å²) in [6.45, 7) is 1.86. The molecule has 43 valence electrons. The third-order valence-electron chi connectivity index (χ3n) is 0.892. The van der Waals surface area contributed by atoms with E-state index in [4.69, 9.17) is 5.73 Å². The fraction of sp³-hybridized carbons (Fsp3) is 0.400. The summed E-state index contributed by atoms with van der Waals surface area (Å²) in [4.78, 5) is 0. The predicted molar refractivity (Wildman–Crippen MR) is 30.0 cm³/mol. The van der Waals surface area contributed by atoms with Gasteiger partial charge in [-0.3, -0.25) is 4.68 Å². The summed E-state index contributed by atoms with van der Waals surface area (Å²) in [5.41, 5.74) is 5.44. The van der Waals surface area contributed by atoms with E-state index in [2.05, 4.69) is 11.3 Å². The molecule has 0 saturated carbocycles. The van der Waals surface area contributed by atoms with E-state index < -0.39 is 0 Å². The Morgan fingerprint density at radius 1 is 1.88 bits per heavy atom. The zero-order chi connectivity index (χ0) is 5.98. The normalized spacial score (nSPS) is 13.8. The lowest BCUT2D eigenvalue weighted by Crippen LogP contribution is -2.14. The lowest BCUT2D eigenvalue weighted by molar-refractivity contribution is 0.508. The maximum absolute atomic E-state index is 5.44. The summed E-state index contributed by atoms with van der Waals surface area (Å²) in [7, 11) is 0. The van der Waals surface area contributed by atoms with Crippen LogP contribution < -0.4 is 5.73 Å². The molecule has 3 heteroatoms. The van der Waals surface area contributed by atoms with E-state index in [1.165, 1.54) is 0 Å². The summed E-state index contributed by atoms with van der Waals surface area (Å²) in [6.07, 6.45) is 4.39. The Bertz CT molecular complexity index is 143. The molecule has 0 aromatic carbocycles. The van der Waals surface area contributed by atoms with Crippen molar-refractivity contribution < 1.29 is 0 Å². The first kappa shape index (κ1) is 5.31. The maximum atomic E-state index is 5.44. The van der Waals surface area contributed by atoms with Crippen LogP contribution in [0.25, 0.3) is 0 Å². The molecule has 1 atom stereocenters. The quantitative estimate of drug-likeness (QED) is 0.559. The monoisotopic (exact) mass is 110 g/mol. The highest BCUT2D eigenvalue weighted by Gasteiger charge is 1.92. The molecule has 1 unspecified atom stereocenters. The van der Waals surface area contributed by atoms with Gasteiger partial charge in [0.1, 0.15) is 6.20 Å². The number of nitrogens with zero attached hydrogens (tertiary/aromatic N) is 2. The molecule has 1 radical (unpaired) electrons. The van der Waals surface area contributed by atoms with Crippen molar-refractivity contribution >= 4 is 0 Å². The van der Waals surface area contributed by atoms with Crippen LogP contribution in [0.4, 0.5) is 0 Å². The van der Waals surface area contributed by atoms with Gasteiger partial charge in [0, 0.05) is 6.20 Å². The Labute approximate surface area is 48.1 Å². The van der Waals surface area contributed by atoms with Crippen molar-refractivity contribution in [3.63, 3.8) is 0 Å². The van der Waals surface area contributed by atoms with Crippen LogP contribution in [0.2, 0.25) is 0 Å². The molecule has 2 N–H and O–H groups in total. The van der Waals surface area contributed by atoms with Gasteiger partial charge in [-0.2, -0.15) is 5.10 Å². The molecule has 0 bridgehead atoms. The minimum Gasteiger partial charge on any atom is -0.310 e. The van der Waals surface area contributed by atoms with E-state index in [1.54, 1.807) is 16.9 Å². The van der Waals surface area contributed by atoms with Crippen LogP contribution in [-0.4, -0.2) is 9.78 Å². The molecule has 1 aromatic rings. The largest absolute Gasteiger partial charge is 0.310 e. The standard InChI is InChI=1S/C5H8N3/c1-5(6)8-4-2-3-7-8/h2,4-5H,6H2,1H3. The van der Waals surface area contributed by atoms with Crippen molar-refractivity contribution in [2.45, 2.75) is 13.1 Å². The van der Waals surface area contributed by atoms with Crippen LogP contribution in [-0.2, 0) is 0 Å². The van der Waals surface area contributed by atoms with Crippen molar-refractivity contribution in [1.82, 2.24) is 9.78 Å². The van der Waals surface area contributed by atoms with Gasteiger partial charge in [-0.25, -0.2) is 0 Å². The van der Waals surface area contributed by atoms with Crippen molar-refractivity contribution in [1.29, 1.82) is 0 Å². The molecule has 1 aromatic heterocycles. The fourth-order valence-corrected chi connectivity index (χ4v) is 0.470. The second kappa shape index (κ2) is 1.96. The average molecular weight is 110 g/mol. The average Bonchev–Trinajstić information content (AvgIpc) is 2.12. The highest BCUT2D eigenvalue weighted by atomic mass is 15.3. The summed E-state index contributed by atoms with van der Waals surface area (Å²) in [5, 5.41) is 3.78. The topological polar surface area (TPSA) is 43.8 Å². The highest BCUT2D eigenvalue weighted by molar-refractivity contribution is 4.76. The Morgan fingerprint density at radius 3 is 2.88 bits per heavy atom. The van der Waals surface area contributed by atoms with Gasteiger partial charge >= 0.3 is 0 Å².